The summed E-state index contributed by atoms with van der Waals surface area (Å²) in [7, 11) is 0. The molecule has 2 aromatic carbocycles. The first-order valence-corrected chi connectivity index (χ1v) is 10.8. The molecule has 7 heteroatoms. The Morgan fingerprint density at radius 2 is 1.68 bits per heavy atom. The fourth-order valence-electron chi connectivity index (χ4n) is 4.00. The van der Waals surface area contributed by atoms with Gasteiger partial charge >= 0.3 is 0 Å². The third-order valence-corrected chi connectivity index (χ3v) is 5.57. The maximum absolute atomic E-state index is 12.8. The van der Waals surface area contributed by atoms with E-state index in [1.54, 1.807) is 6.07 Å². The van der Waals surface area contributed by atoms with E-state index in [4.69, 9.17) is 14.2 Å². The molecule has 0 bridgehead atoms. The van der Waals surface area contributed by atoms with Crippen molar-refractivity contribution in [2.75, 3.05) is 31.7 Å². The number of hydrogen-bond acceptors (Lipinski definition) is 5. The van der Waals surface area contributed by atoms with E-state index in [1.165, 1.54) is 5.56 Å². The second-order valence-electron chi connectivity index (χ2n) is 7.65. The monoisotopic (exact) mass is 424 g/mol. The van der Waals surface area contributed by atoms with Crippen molar-refractivity contribution in [1.82, 2.24) is 4.90 Å². The first kappa shape index (κ1) is 21.0. The molecule has 0 saturated carbocycles. The Bertz CT molecular complexity index is 988. The quantitative estimate of drug-likeness (QED) is 0.738. The highest BCUT2D eigenvalue weighted by molar-refractivity contribution is 5.94. The predicted molar refractivity (Wildman–Crippen MR) is 117 cm³/mol. The summed E-state index contributed by atoms with van der Waals surface area (Å²) in [4.78, 5) is 26.1. The van der Waals surface area contributed by atoms with Crippen molar-refractivity contribution in [3.8, 4) is 17.2 Å². The van der Waals surface area contributed by atoms with Gasteiger partial charge in [-0.05, 0) is 73.7 Å². The Morgan fingerprint density at radius 1 is 0.935 bits per heavy atom. The fourth-order valence-corrected chi connectivity index (χ4v) is 4.00. The average molecular weight is 424 g/mol. The largest absolute Gasteiger partial charge is 0.490 e. The molecule has 0 fully saturated rings. The molecule has 2 amide bonds. The minimum atomic E-state index is -0.0523. The number of ether oxygens (including phenoxy) is 3. The Kier molecular flexibility index (Phi) is 6.30. The van der Waals surface area contributed by atoms with Crippen LogP contribution in [0, 0.1) is 0 Å². The van der Waals surface area contributed by atoms with E-state index in [-0.39, 0.29) is 18.4 Å². The van der Waals surface area contributed by atoms with E-state index in [9.17, 15) is 9.59 Å². The number of benzene rings is 2. The summed E-state index contributed by atoms with van der Waals surface area (Å²) in [6.45, 7) is 6.18. The van der Waals surface area contributed by atoms with Crippen LogP contribution in [0.5, 0.6) is 17.2 Å². The maximum Gasteiger partial charge on any atom is 0.260 e. The van der Waals surface area contributed by atoms with E-state index < -0.39 is 0 Å². The molecule has 0 radical (unpaired) electrons. The molecule has 2 heterocycles. The lowest BCUT2D eigenvalue weighted by atomic mass is 9.98. The van der Waals surface area contributed by atoms with Crippen LogP contribution in [0.2, 0.25) is 0 Å². The number of hydrogen-bond donors (Lipinski definition) is 1. The molecule has 2 aliphatic heterocycles. The molecule has 31 heavy (non-hydrogen) atoms. The molecular weight excluding hydrogens is 396 g/mol. The van der Waals surface area contributed by atoms with Crippen LogP contribution in [0.4, 0.5) is 5.69 Å². The van der Waals surface area contributed by atoms with E-state index >= 15 is 0 Å². The molecule has 1 N–H and O–H groups in total. The second-order valence-corrected chi connectivity index (χ2v) is 7.65. The van der Waals surface area contributed by atoms with Crippen molar-refractivity contribution < 1.29 is 23.8 Å². The normalized spacial score (nSPS) is 14.9. The Labute approximate surface area is 182 Å². The molecule has 0 spiro atoms. The van der Waals surface area contributed by atoms with Crippen LogP contribution in [0.15, 0.2) is 30.3 Å². The SMILES string of the molecule is CCOc1cc2c(cc1OCC)CN(C(=O)COc1ccc3c(c1)CCC(=O)N3)CC2. The van der Waals surface area contributed by atoms with Gasteiger partial charge < -0.3 is 24.4 Å². The third kappa shape index (κ3) is 4.76. The molecule has 0 saturated heterocycles. The van der Waals surface area contributed by atoms with Gasteiger partial charge in [0.2, 0.25) is 5.91 Å². The van der Waals surface area contributed by atoms with Crippen molar-refractivity contribution in [3.05, 3.63) is 47.0 Å². The minimum absolute atomic E-state index is 0.0180. The molecule has 164 valence electrons. The van der Waals surface area contributed by atoms with Crippen LogP contribution < -0.4 is 19.5 Å². The Balaban J connectivity index is 1.39. The summed E-state index contributed by atoms with van der Waals surface area (Å²) in [6, 6.07) is 9.54. The molecule has 2 aliphatic rings. The molecule has 0 aromatic heterocycles. The zero-order valence-electron chi connectivity index (χ0n) is 18.0. The van der Waals surface area contributed by atoms with Gasteiger partial charge in [0.15, 0.2) is 18.1 Å². The molecule has 2 aromatic rings. The van der Waals surface area contributed by atoms with Gasteiger partial charge in [-0.3, -0.25) is 9.59 Å². The van der Waals surface area contributed by atoms with Crippen molar-refractivity contribution in [2.24, 2.45) is 0 Å². The van der Waals surface area contributed by atoms with Gasteiger partial charge in [0.1, 0.15) is 5.75 Å². The zero-order valence-corrected chi connectivity index (χ0v) is 18.0. The molecule has 0 unspecified atom stereocenters. The summed E-state index contributed by atoms with van der Waals surface area (Å²) in [5.41, 5.74) is 4.12. The maximum atomic E-state index is 12.8. The standard InChI is InChI=1S/C24H28N2O5/c1-3-29-21-12-16-9-10-26(14-18(16)13-22(21)30-4-2)24(28)15-31-19-6-7-20-17(11-19)5-8-23(27)25-20/h6-7,11-13H,3-5,8-10,14-15H2,1-2H3,(H,25,27). The predicted octanol–water partition coefficient (Wildman–Crippen LogP) is 3.33. The number of carbonyl (C=O) groups excluding carboxylic acids is 2. The van der Waals surface area contributed by atoms with Crippen LogP contribution in [0.25, 0.3) is 0 Å². The van der Waals surface area contributed by atoms with E-state index in [0.717, 1.165) is 34.7 Å². The highest BCUT2D eigenvalue weighted by Gasteiger charge is 2.23. The summed E-state index contributed by atoms with van der Waals surface area (Å²) < 4.78 is 17.2. The molecule has 0 aliphatic carbocycles. The number of aryl methyl sites for hydroxylation is 1. The number of anilines is 1. The minimum Gasteiger partial charge on any atom is -0.490 e. The second kappa shape index (κ2) is 9.29. The number of fused-ring (bicyclic) bond motifs is 2. The zero-order chi connectivity index (χ0) is 21.8. The van der Waals surface area contributed by atoms with Gasteiger partial charge in [0.25, 0.3) is 5.91 Å². The van der Waals surface area contributed by atoms with Crippen molar-refractivity contribution in [1.29, 1.82) is 0 Å². The van der Waals surface area contributed by atoms with Crippen molar-refractivity contribution >= 4 is 17.5 Å². The lowest BCUT2D eigenvalue weighted by Gasteiger charge is -2.30. The van der Waals surface area contributed by atoms with E-state index in [0.29, 0.717) is 44.9 Å². The van der Waals surface area contributed by atoms with Crippen molar-refractivity contribution in [3.63, 3.8) is 0 Å². The van der Waals surface area contributed by atoms with Crippen LogP contribution in [0.1, 0.15) is 37.0 Å². The lowest BCUT2D eigenvalue weighted by molar-refractivity contribution is -0.134. The average Bonchev–Trinajstić information content (AvgIpc) is 2.77. The molecule has 0 atom stereocenters. The first-order valence-electron chi connectivity index (χ1n) is 10.8. The highest BCUT2D eigenvalue weighted by Crippen LogP contribution is 2.34. The third-order valence-electron chi connectivity index (χ3n) is 5.57. The molecular formula is C24H28N2O5. The van der Waals surface area contributed by atoms with Gasteiger partial charge in [-0.15, -0.1) is 0 Å². The van der Waals surface area contributed by atoms with Crippen molar-refractivity contribution in [2.45, 2.75) is 39.7 Å². The van der Waals surface area contributed by atoms with Gasteiger partial charge in [-0.25, -0.2) is 0 Å². The molecule has 7 nitrogen and oxygen atoms in total. The number of nitrogens with zero attached hydrogens (tertiary/aromatic N) is 1. The topological polar surface area (TPSA) is 77.1 Å². The Morgan fingerprint density at radius 3 is 2.42 bits per heavy atom. The Hall–Kier alpha value is -3.22. The fraction of sp³-hybridized carbons (Fsp3) is 0.417. The van der Waals surface area contributed by atoms with Gasteiger partial charge in [-0.2, -0.15) is 0 Å². The van der Waals surface area contributed by atoms with E-state index in [2.05, 4.69) is 5.32 Å². The summed E-state index contributed by atoms with van der Waals surface area (Å²) in [5.74, 6) is 2.09. The summed E-state index contributed by atoms with van der Waals surface area (Å²) in [5, 5.41) is 2.85. The van der Waals surface area contributed by atoms with Crippen LogP contribution in [-0.4, -0.2) is 43.1 Å². The van der Waals surface area contributed by atoms with E-state index in [1.807, 2.05) is 43.0 Å². The highest BCUT2D eigenvalue weighted by atomic mass is 16.5. The first-order chi connectivity index (χ1) is 15.1. The van der Waals surface area contributed by atoms with Gasteiger partial charge in [0, 0.05) is 25.2 Å². The number of carbonyl (C=O) groups is 2. The smallest absolute Gasteiger partial charge is 0.260 e. The van der Waals surface area contributed by atoms with Crippen LogP contribution >= 0.6 is 0 Å². The lowest BCUT2D eigenvalue weighted by Crippen LogP contribution is -2.38. The summed E-state index contributed by atoms with van der Waals surface area (Å²) in [6.07, 6.45) is 1.92. The summed E-state index contributed by atoms with van der Waals surface area (Å²) >= 11 is 0. The van der Waals surface area contributed by atoms with Crippen LogP contribution in [-0.2, 0) is 29.0 Å². The van der Waals surface area contributed by atoms with Crippen LogP contribution in [0.3, 0.4) is 0 Å². The number of rotatable bonds is 7. The number of amides is 2. The van der Waals surface area contributed by atoms with Gasteiger partial charge in [0.05, 0.1) is 13.2 Å². The van der Waals surface area contributed by atoms with Gasteiger partial charge in [-0.1, -0.05) is 0 Å². The number of nitrogens with one attached hydrogen (secondary N) is 1. The molecule has 4 rings (SSSR count).